The van der Waals surface area contributed by atoms with Crippen LogP contribution in [0.25, 0.3) is 0 Å². The zero-order valence-electron chi connectivity index (χ0n) is 7.98. The van der Waals surface area contributed by atoms with Gasteiger partial charge in [-0.2, -0.15) is 0 Å². The van der Waals surface area contributed by atoms with Gasteiger partial charge in [-0.05, 0) is 18.2 Å². The molecule has 0 aliphatic carbocycles. The summed E-state index contributed by atoms with van der Waals surface area (Å²) in [5, 5.41) is 10.4. The number of carbonyl (C=O) groups is 1. The molecule has 0 unspecified atom stereocenters. The first kappa shape index (κ1) is 11.0. The van der Waals surface area contributed by atoms with E-state index in [4.69, 9.17) is 5.73 Å². The highest BCUT2D eigenvalue weighted by Crippen LogP contribution is 2.17. The van der Waals surface area contributed by atoms with Gasteiger partial charge < -0.3 is 11.1 Å². The minimum absolute atomic E-state index is 0.248. The summed E-state index contributed by atoms with van der Waals surface area (Å²) in [4.78, 5) is 11.7. The Morgan fingerprint density at radius 2 is 2.25 bits per heavy atom. The molecule has 1 aromatic heterocycles. The van der Waals surface area contributed by atoms with Gasteiger partial charge in [-0.1, -0.05) is 33.3 Å². The first-order chi connectivity index (χ1) is 7.65. The Hall–Kier alpha value is -1.47. The molecule has 1 heterocycles. The summed E-state index contributed by atoms with van der Waals surface area (Å²) in [7, 11) is 0. The van der Waals surface area contributed by atoms with E-state index in [0.29, 0.717) is 5.69 Å². The van der Waals surface area contributed by atoms with Crippen LogP contribution < -0.4 is 11.1 Å². The lowest BCUT2D eigenvalue weighted by molar-refractivity contribution is 0.102. The highest BCUT2D eigenvalue weighted by atomic mass is 79.9. The fourth-order valence-electron chi connectivity index (χ4n) is 1.08. The van der Waals surface area contributed by atoms with Crippen LogP contribution in [0.5, 0.6) is 0 Å². The molecule has 0 atom stereocenters. The predicted octanol–water partition coefficient (Wildman–Crippen LogP) is 2.14. The van der Waals surface area contributed by atoms with E-state index in [1.54, 1.807) is 12.1 Å². The fourth-order valence-corrected chi connectivity index (χ4v) is 1.98. The topological polar surface area (TPSA) is 80.9 Å². The average Bonchev–Trinajstić information content (AvgIpc) is 2.65. The van der Waals surface area contributed by atoms with Crippen molar-refractivity contribution in [2.24, 2.45) is 0 Å². The minimum atomic E-state index is -0.313. The summed E-state index contributed by atoms with van der Waals surface area (Å²) in [6, 6.07) is 7.28. The smallest absolute Gasteiger partial charge is 0.286 e. The molecule has 2 aromatic rings. The van der Waals surface area contributed by atoms with Gasteiger partial charge in [-0.15, -0.1) is 10.2 Å². The third-order valence-corrected chi connectivity index (χ3v) is 2.96. The molecule has 0 saturated carbocycles. The molecule has 82 valence electrons. The summed E-state index contributed by atoms with van der Waals surface area (Å²) < 4.78 is 0.891. The number of nitrogens with zero attached hydrogens (tertiary/aromatic N) is 2. The number of anilines is 2. The minimum Gasteiger partial charge on any atom is -0.374 e. The molecule has 7 heteroatoms. The molecule has 0 fully saturated rings. The van der Waals surface area contributed by atoms with Crippen molar-refractivity contribution in [1.29, 1.82) is 0 Å². The number of aromatic nitrogens is 2. The Morgan fingerprint density at radius 3 is 2.88 bits per heavy atom. The molecule has 0 bridgehead atoms. The molecule has 0 spiro atoms. The zero-order valence-corrected chi connectivity index (χ0v) is 10.4. The van der Waals surface area contributed by atoms with Gasteiger partial charge in [0.25, 0.3) is 5.91 Å². The largest absolute Gasteiger partial charge is 0.374 e. The number of hydrogen-bond acceptors (Lipinski definition) is 5. The maximum atomic E-state index is 11.7. The van der Waals surface area contributed by atoms with Gasteiger partial charge in [-0.3, -0.25) is 4.79 Å². The number of rotatable bonds is 2. The van der Waals surface area contributed by atoms with Crippen LogP contribution in [0.2, 0.25) is 0 Å². The third kappa shape index (κ3) is 2.56. The van der Waals surface area contributed by atoms with E-state index in [9.17, 15) is 4.79 Å². The molecular weight excluding hydrogens is 292 g/mol. The van der Waals surface area contributed by atoms with Crippen molar-refractivity contribution in [3.8, 4) is 0 Å². The second kappa shape index (κ2) is 4.58. The van der Waals surface area contributed by atoms with Crippen molar-refractivity contribution < 1.29 is 4.79 Å². The van der Waals surface area contributed by atoms with Crippen molar-refractivity contribution in [1.82, 2.24) is 10.2 Å². The molecule has 0 aliphatic heterocycles. The molecule has 0 radical (unpaired) electrons. The van der Waals surface area contributed by atoms with Crippen molar-refractivity contribution in [3.63, 3.8) is 0 Å². The quantitative estimate of drug-likeness (QED) is 0.890. The number of carbonyl (C=O) groups excluding carboxylic acids is 1. The molecule has 5 nitrogen and oxygen atoms in total. The lowest BCUT2D eigenvalue weighted by Gasteiger charge is -2.02. The normalized spacial score (nSPS) is 10.1. The Bertz CT molecular complexity index is 528. The summed E-state index contributed by atoms with van der Waals surface area (Å²) in [6.07, 6.45) is 0. The lowest BCUT2D eigenvalue weighted by atomic mass is 10.3. The van der Waals surface area contributed by atoms with Gasteiger partial charge in [0.2, 0.25) is 10.1 Å². The Kier molecular flexibility index (Phi) is 3.16. The van der Waals surface area contributed by atoms with E-state index in [1.165, 1.54) is 0 Å². The Balaban J connectivity index is 2.13. The summed E-state index contributed by atoms with van der Waals surface area (Å²) in [6.45, 7) is 0. The lowest BCUT2D eigenvalue weighted by Crippen LogP contribution is -2.11. The SMILES string of the molecule is Nc1nnc(C(=O)Nc2cccc(Br)c2)s1. The molecular formula is C9H7BrN4OS. The van der Waals surface area contributed by atoms with Gasteiger partial charge in [0.15, 0.2) is 0 Å². The average molecular weight is 299 g/mol. The van der Waals surface area contributed by atoms with Crippen molar-refractivity contribution in [3.05, 3.63) is 33.7 Å². The zero-order chi connectivity index (χ0) is 11.5. The molecule has 2 rings (SSSR count). The number of benzene rings is 1. The third-order valence-electron chi connectivity index (χ3n) is 1.72. The van der Waals surface area contributed by atoms with Gasteiger partial charge in [0, 0.05) is 10.2 Å². The molecule has 0 aliphatic rings. The predicted molar refractivity (Wildman–Crippen MR) is 66.4 cm³/mol. The Labute approximate surface area is 104 Å². The number of amides is 1. The number of hydrogen-bond donors (Lipinski definition) is 2. The van der Waals surface area contributed by atoms with Crippen LogP contribution in [0.4, 0.5) is 10.8 Å². The molecule has 16 heavy (non-hydrogen) atoms. The van der Waals surface area contributed by atoms with E-state index >= 15 is 0 Å². The number of nitrogens with one attached hydrogen (secondary N) is 1. The van der Waals surface area contributed by atoms with Crippen LogP contribution in [-0.4, -0.2) is 16.1 Å². The van der Waals surface area contributed by atoms with Gasteiger partial charge in [-0.25, -0.2) is 0 Å². The first-order valence-electron chi connectivity index (χ1n) is 4.31. The monoisotopic (exact) mass is 298 g/mol. The van der Waals surface area contributed by atoms with Crippen LogP contribution in [0.3, 0.4) is 0 Å². The number of halogens is 1. The molecule has 3 N–H and O–H groups in total. The summed E-state index contributed by atoms with van der Waals surface area (Å²) >= 11 is 4.37. The Morgan fingerprint density at radius 1 is 1.44 bits per heavy atom. The van der Waals surface area contributed by atoms with Crippen molar-refractivity contribution in [2.45, 2.75) is 0 Å². The standard InChI is InChI=1S/C9H7BrN4OS/c10-5-2-1-3-6(4-5)12-7(15)8-13-14-9(11)16-8/h1-4H,(H2,11,14)(H,12,15). The van der Waals surface area contributed by atoms with Gasteiger partial charge >= 0.3 is 0 Å². The maximum absolute atomic E-state index is 11.7. The first-order valence-corrected chi connectivity index (χ1v) is 5.92. The fraction of sp³-hybridized carbons (Fsp3) is 0. The van der Waals surface area contributed by atoms with Crippen molar-refractivity contribution >= 4 is 44.0 Å². The van der Waals surface area contributed by atoms with Crippen LogP contribution in [0.1, 0.15) is 9.80 Å². The van der Waals surface area contributed by atoms with Crippen LogP contribution in [0.15, 0.2) is 28.7 Å². The molecule has 1 amide bonds. The van der Waals surface area contributed by atoms with Gasteiger partial charge in [0.1, 0.15) is 0 Å². The maximum Gasteiger partial charge on any atom is 0.286 e. The molecule has 1 aromatic carbocycles. The van der Waals surface area contributed by atoms with E-state index in [0.717, 1.165) is 15.8 Å². The van der Waals surface area contributed by atoms with Crippen LogP contribution in [-0.2, 0) is 0 Å². The number of nitrogens with two attached hydrogens (primary N) is 1. The van der Waals surface area contributed by atoms with Gasteiger partial charge in [0.05, 0.1) is 0 Å². The summed E-state index contributed by atoms with van der Waals surface area (Å²) in [5.41, 5.74) is 6.08. The van der Waals surface area contributed by atoms with Crippen LogP contribution >= 0.6 is 27.3 Å². The highest BCUT2D eigenvalue weighted by molar-refractivity contribution is 9.10. The number of nitrogen functional groups attached to an aromatic ring is 1. The highest BCUT2D eigenvalue weighted by Gasteiger charge is 2.11. The van der Waals surface area contributed by atoms with E-state index in [2.05, 4.69) is 31.4 Å². The van der Waals surface area contributed by atoms with Crippen LogP contribution in [0, 0.1) is 0 Å². The molecule has 0 saturated heterocycles. The van der Waals surface area contributed by atoms with E-state index in [-0.39, 0.29) is 16.0 Å². The summed E-state index contributed by atoms with van der Waals surface area (Å²) in [5.74, 6) is -0.313. The van der Waals surface area contributed by atoms with E-state index < -0.39 is 0 Å². The second-order valence-electron chi connectivity index (χ2n) is 2.91. The van der Waals surface area contributed by atoms with Crippen molar-refractivity contribution in [2.75, 3.05) is 11.1 Å². The van der Waals surface area contributed by atoms with E-state index in [1.807, 2.05) is 12.1 Å². The second-order valence-corrected chi connectivity index (χ2v) is 4.83.